The van der Waals surface area contributed by atoms with Crippen molar-refractivity contribution in [3.05, 3.63) is 166 Å². The number of rotatable bonds is 8. The van der Waals surface area contributed by atoms with Crippen molar-refractivity contribution in [3.63, 3.8) is 0 Å². The third-order valence-corrected chi connectivity index (χ3v) is 10.3. The molecule has 290 valence electrons. The van der Waals surface area contributed by atoms with Gasteiger partial charge in [0.15, 0.2) is 0 Å². The van der Waals surface area contributed by atoms with Gasteiger partial charge in [0.1, 0.15) is 0 Å². The lowest BCUT2D eigenvalue weighted by molar-refractivity contribution is 0.0686. The van der Waals surface area contributed by atoms with Crippen LogP contribution in [0.4, 0.5) is 0 Å². The number of aromatic nitrogens is 4. The third-order valence-electron chi connectivity index (χ3n) is 10.3. The minimum absolute atomic E-state index is 0.0555. The molecule has 12 heteroatoms. The lowest BCUT2D eigenvalue weighted by Crippen LogP contribution is -1.98. The molecule has 0 unspecified atom stereocenters. The van der Waals surface area contributed by atoms with Gasteiger partial charge in [-0.05, 0) is 119 Å². The third kappa shape index (κ3) is 6.69. The van der Waals surface area contributed by atoms with E-state index in [9.17, 15) is 39.6 Å². The monoisotopic (exact) mass is 790 g/mol. The lowest BCUT2D eigenvalue weighted by Gasteiger charge is -2.08. The first-order valence-electron chi connectivity index (χ1n) is 18.5. The van der Waals surface area contributed by atoms with Crippen LogP contribution in [0.25, 0.3) is 90.9 Å². The Bertz CT molecular complexity index is 3090. The Kier molecular flexibility index (Phi) is 9.06. The zero-order chi connectivity index (χ0) is 41.7. The van der Waals surface area contributed by atoms with Crippen molar-refractivity contribution < 1.29 is 39.6 Å². The van der Waals surface area contributed by atoms with Crippen LogP contribution < -0.4 is 0 Å². The van der Waals surface area contributed by atoms with Gasteiger partial charge in [-0.3, -0.25) is 0 Å². The number of hydrogen-bond acceptors (Lipinski definition) is 6. The van der Waals surface area contributed by atoms with Crippen LogP contribution in [-0.4, -0.2) is 64.2 Å². The SMILES string of the molecule is O=C(O)c1cccc(-c2c3nc(c(-c4cccc(C(=O)O)c4)c4ccc([nH]4)c(-c4cccc(C(=O)O)c4)c4ccc([nH]4)c(-c4cccc(C(=O)O)c4)c4nc2C=C4)C=C3)c1. The van der Waals surface area contributed by atoms with E-state index in [4.69, 9.17) is 9.97 Å². The molecule has 3 aromatic heterocycles. The summed E-state index contributed by atoms with van der Waals surface area (Å²) in [5, 5.41) is 39.9. The Morgan fingerprint density at radius 3 is 0.933 bits per heavy atom. The van der Waals surface area contributed by atoms with Crippen molar-refractivity contribution in [2.45, 2.75) is 0 Å². The second kappa shape index (κ2) is 14.7. The molecule has 0 saturated carbocycles. The summed E-state index contributed by atoms with van der Waals surface area (Å²) in [4.78, 5) is 66.1. The molecule has 7 aromatic rings. The number of aromatic amines is 2. The van der Waals surface area contributed by atoms with E-state index in [1.165, 1.54) is 24.3 Å². The van der Waals surface area contributed by atoms with E-state index in [0.29, 0.717) is 89.4 Å². The Labute approximate surface area is 339 Å². The number of hydrogen-bond donors (Lipinski definition) is 6. The molecule has 0 spiro atoms. The molecule has 2 aliphatic rings. The van der Waals surface area contributed by atoms with E-state index < -0.39 is 23.9 Å². The number of carboxylic acid groups (broad SMARTS) is 4. The first kappa shape index (κ1) is 37.0. The van der Waals surface area contributed by atoms with Gasteiger partial charge in [0.2, 0.25) is 0 Å². The highest BCUT2D eigenvalue weighted by atomic mass is 16.4. The highest BCUT2D eigenvalue weighted by molar-refractivity contribution is 6.02. The quantitative estimate of drug-likeness (QED) is 0.0858. The van der Waals surface area contributed by atoms with Crippen molar-refractivity contribution in [1.82, 2.24) is 19.9 Å². The van der Waals surface area contributed by atoms with Gasteiger partial charge in [-0.2, -0.15) is 0 Å². The average molecular weight is 791 g/mol. The summed E-state index contributed by atoms with van der Waals surface area (Å²) in [6, 6.07) is 33.4. The lowest BCUT2D eigenvalue weighted by atomic mass is 10.00. The smallest absolute Gasteiger partial charge is 0.335 e. The minimum atomic E-state index is -1.11. The Balaban J connectivity index is 1.48. The van der Waals surface area contributed by atoms with Gasteiger partial charge in [-0.1, -0.05) is 48.5 Å². The van der Waals surface area contributed by atoms with Gasteiger partial charge < -0.3 is 30.4 Å². The second-order valence-electron chi connectivity index (χ2n) is 14.0. The largest absolute Gasteiger partial charge is 0.478 e. The first-order chi connectivity index (χ1) is 29.0. The molecule has 6 N–H and O–H groups in total. The fourth-order valence-corrected chi connectivity index (χ4v) is 7.65. The van der Waals surface area contributed by atoms with Crippen molar-refractivity contribution in [1.29, 1.82) is 0 Å². The first-order valence-corrected chi connectivity index (χ1v) is 18.5. The molecule has 0 aliphatic carbocycles. The van der Waals surface area contributed by atoms with E-state index in [0.717, 1.165) is 0 Å². The maximum absolute atomic E-state index is 12.2. The minimum Gasteiger partial charge on any atom is -0.478 e. The van der Waals surface area contributed by atoms with Crippen LogP contribution in [0.5, 0.6) is 0 Å². The van der Waals surface area contributed by atoms with Crippen molar-refractivity contribution in [2.24, 2.45) is 0 Å². The molecule has 4 aromatic carbocycles. The standard InChI is InChI=1S/C48H30N4O8/c53-45(54)29-9-1-5-25(21-29)41-33-13-15-35(49-33)42(26-6-2-10-30(22-26)46(55)56)37-17-19-39(51-37)44(28-8-4-12-32(24-28)48(59)60)40-20-18-38(52-40)43(36-16-14-34(41)50-36)27-7-3-11-31(23-27)47(57)58/h1-24,49-50H,(H,53,54)(H,55,56)(H,57,58)(H,59,60). The predicted molar refractivity (Wildman–Crippen MR) is 228 cm³/mol. The molecule has 8 bridgehead atoms. The van der Waals surface area contributed by atoms with Gasteiger partial charge in [-0.25, -0.2) is 29.1 Å². The van der Waals surface area contributed by atoms with Crippen LogP contribution in [0, 0.1) is 0 Å². The van der Waals surface area contributed by atoms with Gasteiger partial charge in [0, 0.05) is 44.3 Å². The normalized spacial score (nSPS) is 11.7. The highest BCUT2D eigenvalue weighted by Gasteiger charge is 2.21. The molecule has 60 heavy (non-hydrogen) atoms. The van der Waals surface area contributed by atoms with Gasteiger partial charge in [-0.15, -0.1) is 0 Å². The molecule has 0 amide bonds. The maximum Gasteiger partial charge on any atom is 0.335 e. The van der Waals surface area contributed by atoms with Gasteiger partial charge >= 0.3 is 23.9 Å². The zero-order valence-corrected chi connectivity index (χ0v) is 31.2. The van der Waals surface area contributed by atoms with E-state index in [1.54, 1.807) is 97.1 Å². The number of fused-ring (bicyclic) bond motifs is 8. The summed E-state index contributed by atoms with van der Waals surface area (Å²) >= 11 is 0. The predicted octanol–water partition coefficient (Wildman–Crippen LogP) is 10.1. The second-order valence-corrected chi connectivity index (χ2v) is 14.0. The zero-order valence-electron chi connectivity index (χ0n) is 31.2. The fourth-order valence-electron chi connectivity index (χ4n) is 7.65. The Morgan fingerprint density at radius 2 is 0.617 bits per heavy atom. The van der Waals surface area contributed by atoms with E-state index in [-0.39, 0.29) is 22.3 Å². The molecule has 9 rings (SSSR count). The number of carboxylic acids is 4. The summed E-state index contributed by atoms with van der Waals surface area (Å²) < 4.78 is 0. The Morgan fingerprint density at radius 1 is 0.350 bits per heavy atom. The molecule has 0 radical (unpaired) electrons. The maximum atomic E-state index is 12.2. The van der Waals surface area contributed by atoms with Crippen LogP contribution in [0.1, 0.15) is 64.2 Å². The number of aromatic carboxylic acids is 4. The van der Waals surface area contributed by atoms with E-state index in [1.807, 2.05) is 24.3 Å². The van der Waals surface area contributed by atoms with Gasteiger partial charge in [0.05, 0.1) is 45.0 Å². The summed E-state index contributed by atoms with van der Waals surface area (Å²) in [6.45, 7) is 0. The average Bonchev–Trinajstić information content (AvgIpc) is 4.09. The van der Waals surface area contributed by atoms with Gasteiger partial charge in [0.25, 0.3) is 0 Å². The fraction of sp³-hybridized carbons (Fsp3) is 0. The number of nitrogens with one attached hydrogen (secondary N) is 2. The summed E-state index contributed by atoms with van der Waals surface area (Å²) in [5.41, 5.74) is 8.92. The van der Waals surface area contributed by atoms with Crippen molar-refractivity contribution >= 4 is 70.2 Å². The summed E-state index contributed by atoms with van der Waals surface area (Å²) in [6.07, 6.45) is 7.19. The summed E-state index contributed by atoms with van der Waals surface area (Å²) in [5.74, 6) is -4.43. The van der Waals surface area contributed by atoms with E-state index in [2.05, 4.69) is 9.97 Å². The molecule has 5 heterocycles. The van der Waals surface area contributed by atoms with Crippen LogP contribution in [0.2, 0.25) is 0 Å². The number of carbonyl (C=O) groups is 4. The molecular weight excluding hydrogens is 761 g/mol. The Hall–Kier alpha value is -8.64. The number of H-pyrrole nitrogens is 2. The number of nitrogens with zero attached hydrogens (tertiary/aromatic N) is 2. The van der Waals surface area contributed by atoms with Crippen LogP contribution in [-0.2, 0) is 0 Å². The van der Waals surface area contributed by atoms with Crippen molar-refractivity contribution in [2.75, 3.05) is 0 Å². The van der Waals surface area contributed by atoms with Crippen molar-refractivity contribution in [3.8, 4) is 44.5 Å². The molecule has 2 aliphatic heterocycles. The van der Waals surface area contributed by atoms with Crippen LogP contribution >= 0.6 is 0 Å². The molecular formula is C48H30N4O8. The number of benzene rings is 4. The molecule has 12 nitrogen and oxygen atoms in total. The summed E-state index contributed by atoms with van der Waals surface area (Å²) in [7, 11) is 0. The molecule has 0 atom stereocenters. The topological polar surface area (TPSA) is 207 Å². The highest BCUT2D eigenvalue weighted by Crippen LogP contribution is 2.39. The molecule has 0 saturated heterocycles. The van der Waals surface area contributed by atoms with E-state index >= 15 is 0 Å². The molecule has 0 fully saturated rings. The van der Waals surface area contributed by atoms with Crippen LogP contribution in [0.15, 0.2) is 121 Å². The van der Waals surface area contributed by atoms with Crippen LogP contribution in [0.3, 0.4) is 0 Å².